The van der Waals surface area contributed by atoms with Gasteiger partial charge in [-0.3, -0.25) is 14.2 Å². The highest BCUT2D eigenvalue weighted by molar-refractivity contribution is 7.46. The van der Waals surface area contributed by atoms with Crippen molar-refractivity contribution in [1.82, 2.24) is 14.5 Å². The molecule has 2 amide bonds. The number of phosphoric acid groups is 1. The van der Waals surface area contributed by atoms with Gasteiger partial charge in [-0.1, -0.05) is 26.8 Å². The number of carbonyl (C=O) groups is 2. The van der Waals surface area contributed by atoms with Crippen LogP contribution in [-0.4, -0.2) is 50.1 Å². The monoisotopic (exact) mass is 622 g/mol. The first-order valence-electron chi connectivity index (χ1n) is 12.9. The molecule has 2 N–H and O–H groups in total. The zero-order valence-electron chi connectivity index (χ0n) is 24.8. The van der Waals surface area contributed by atoms with Gasteiger partial charge in [0, 0.05) is 30.8 Å². The third-order valence-corrected chi connectivity index (χ3v) is 6.45. The summed E-state index contributed by atoms with van der Waals surface area (Å²) in [4.78, 5) is 55.1. The number of pyridine rings is 1. The van der Waals surface area contributed by atoms with Crippen LogP contribution in [0.15, 0.2) is 24.4 Å². The van der Waals surface area contributed by atoms with Crippen molar-refractivity contribution >= 4 is 42.6 Å². The lowest BCUT2D eigenvalue weighted by atomic mass is 9.92. The Labute approximate surface area is 246 Å². The second kappa shape index (κ2) is 12.3. The van der Waals surface area contributed by atoms with E-state index in [0.717, 1.165) is 15.9 Å². The molecule has 0 atom stereocenters. The molecule has 16 heteroatoms. The molecule has 1 aromatic carbocycles. The van der Waals surface area contributed by atoms with Crippen LogP contribution in [0.25, 0.3) is 11.0 Å². The van der Waals surface area contributed by atoms with Gasteiger partial charge in [-0.15, -0.1) is 0 Å². The van der Waals surface area contributed by atoms with Crippen LogP contribution in [0.5, 0.6) is 0 Å². The molecular weight excluding hydrogens is 589 g/mol. The van der Waals surface area contributed by atoms with Crippen molar-refractivity contribution in [3.8, 4) is 6.07 Å². The number of phosphoric ester groups is 1. The van der Waals surface area contributed by atoms with Gasteiger partial charge < -0.3 is 19.1 Å². The first-order chi connectivity index (χ1) is 19.7. The number of ether oxygens (including phenoxy) is 1. The van der Waals surface area contributed by atoms with E-state index >= 15 is 8.78 Å². The lowest BCUT2D eigenvalue weighted by molar-refractivity contribution is -0.121. The standard InChI is InChI=1S/C27H33F2N6O7P/c1-26(2,3)12-19(36)34(15-41-25(37)33(7)23-16(9-8-10-31-23)14-42-43(38,39)40)24-32-21-18(28)11-17(13-30)20(29)22(21)35(24)27(4,5)6/h8-11H,12,14-15H2,1-7H3,(H2,38,39,40). The van der Waals surface area contributed by atoms with Gasteiger partial charge in [0.05, 0.1) is 12.2 Å². The van der Waals surface area contributed by atoms with E-state index in [1.807, 2.05) is 0 Å². The number of fused-ring (bicyclic) bond motifs is 1. The first-order valence-corrected chi connectivity index (χ1v) is 14.4. The SMILES string of the molecule is CN(C(=O)OCN(C(=O)CC(C)(C)C)c1nc2c(F)cc(C#N)c(F)c2n1C(C)(C)C)c1ncccc1COP(=O)(O)O. The summed E-state index contributed by atoms with van der Waals surface area (Å²) in [5.74, 6) is -2.82. The average molecular weight is 623 g/mol. The Morgan fingerprint density at radius 3 is 2.40 bits per heavy atom. The summed E-state index contributed by atoms with van der Waals surface area (Å²) in [5, 5.41) is 9.35. The second-order valence-electron chi connectivity index (χ2n) is 11.9. The van der Waals surface area contributed by atoms with E-state index < -0.39 is 66.8 Å². The number of hydrogen-bond acceptors (Lipinski definition) is 8. The molecule has 0 aliphatic rings. The number of halogens is 2. The topological polar surface area (TPSA) is 171 Å². The number of carbonyl (C=O) groups excluding carboxylic acids is 2. The van der Waals surface area contributed by atoms with Gasteiger partial charge in [0.15, 0.2) is 18.4 Å². The van der Waals surface area contributed by atoms with Crippen LogP contribution < -0.4 is 9.80 Å². The molecule has 3 rings (SSSR count). The van der Waals surface area contributed by atoms with Crippen LogP contribution in [0.2, 0.25) is 0 Å². The Kier molecular flexibility index (Phi) is 9.62. The molecule has 0 unspecified atom stereocenters. The van der Waals surface area contributed by atoms with Crippen LogP contribution in [0.4, 0.5) is 25.3 Å². The lowest BCUT2D eigenvalue weighted by Crippen LogP contribution is -2.41. The molecule has 0 bridgehead atoms. The summed E-state index contributed by atoms with van der Waals surface area (Å²) in [7, 11) is -3.54. The van der Waals surface area contributed by atoms with Crippen molar-refractivity contribution in [3.63, 3.8) is 0 Å². The first kappa shape index (κ1) is 33.5. The number of nitriles is 1. The fourth-order valence-electron chi connectivity index (χ4n) is 4.15. The zero-order valence-corrected chi connectivity index (χ0v) is 25.6. The van der Waals surface area contributed by atoms with Crippen molar-refractivity contribution in [2.75, 3.05) is 23.6 Å². The molecule has 0 radical (unpaired) electrons. The average Bonchev–Trinajstić information content (AvgIpc) is 3.30. The Balaban J connectivity index is 2.07. The van der Waals surface area contributed by atoms with Crippen molar-refractivity contribution < 1.29 is 42.0 Å². The summed E-state index contributed by atoms with van der Waals surface area (Å²) >= 11 is 0. The van der Waals surface area contributed by atoms with Crippen LogP contribution in [0, 0.1) is 28.4 Å². The summed E-state index contributed by atoms with van der Waals surface area (Å²) in [6, 6.07) is 5.25. The van der Waals surface area contributed by atoms with Gasteiger partial charge in [-0.25, -0.2) is 33.0 Å². The van der Waals surface area contributed by atoms with Gasteiger partial charge >= 0.3 is 13.9 Å². The Bertz CT molecular complexity index is 1640. The van der Waals surface area contributed by atoms with E-state index in [9.17, 15) is 19.4 Å². The van der Waals surface area contributed by atoms with Crippen LogP contribution >= 0.6 is 7.82 Å². The molecule has 0 aliphatic heterocycles. The normalized spacial score (nSPS) is 12.2. The number of imidazole rings is 1. The van der Waals surface area contributed by atoms with Gasteiger partial charge in [0.1, 0.15) is 22.9 Å². The number of aromatic nitrogens is 3. The Morgan fingerprint density at radius 1 is 1.19 bits per heavy atom. The summed E-state index contributed by atoms with van der Waals surface area (Å²) in [6.45, 7) is 9.11. The van der Waals surface area contributed by atoms with Gasteiger partial charge in [0.25, 0.3) is 0 Å². The van der Waals surface area contributed by atoms with Crippen LogP contribution in [0.3, 0.4) is 0 Å². The number of hydrogen-bond donors (Lipinski definition) is 2. The Morgan fingerprint density at radius 2 is 1.84 bits per heavy atom. The third kappa shape index (κ3) is 7.91. The van der Waals surface area contributed by atoms with Gasteiger partial charge in [-0.2, -0.15) is 5.26 Å². The molecule has 43 heavy (non-hydrogen) atoms. The summed E-state index contributed by atoms with van der Waals surface area (Å²) in [5.41, 5.74) is -2.67. The predicted octanol–water partition coefficient (Wildman–Crippen LogP) is 4.95. The minimum absolute atomic E-state index is 0.0383. The highest BCUT2D eigenvalue weighted by atomic mass is 31.2. The van der Waals surface area contributed by atoms with Crippen LogP contribution in [-0.2, 0) is 30.8 Å². The highest BCUT2D eigenvalue weighted by Crippen LogP contribution is 2.38. The second-order valence-corrected chi connectivity index (χ2v) is 13.1. The lowest BCUT2D eigenvalue weighted by Gasteiger charge is -2.31. The molecule has 2 aromatic heterocycles. The molecule has 2 heterocycles. The molecule has 0 spiro atoms. The largest absolute Gasteiger partial charge is 0.469 e. The molecule has 0 fully saturated rings. The number of nitrogens with zero attached hydrogens (tertiary/aromatic N) is 6. The quantitative estimate of drug-likeness (QED) is 0.259. The number of anilines is 2. The molecule has 0 aliphatic carbocycles. The summed E-state index contributed by atoms with van der Waals surface area (Å²) in [6.07, 6.45) is 0.253. The predicted molar refractivity (Wildman–Crippen MR) is 152 cm³/mol. The molecule has 0 saturated carbocycles. The minimum atomic E-state index is -4.82. The fraction of sp³-hybridized carbons (Fsp3) is 0.444. The van der Waals surface area contributed by atoms with E-state index in [4.69, 9.17) is 14.5 Å². The Hall–Kier alpha value is -3.96. The third-order valence-electron chi connectivity index (χ3n) is 5.98. The fourth-order valence-corrected chi connectivity index (χ4v) is 4.46. The van der Waals surface area contributed by atoms with E-state index in [1.165, 1.54) is 29.9 Å². The van der Waals surface area contributed by atoms with Crippen molar-refractivity contribution in [2.24, 2.45) is 5.41 Å². The zero-order chi connectivity index (χ0) is 32.5. The van der Waals surface area contributed by atoms with Gasteiger partial charge in [0.2, 0.25) is 11.9 Å². The van der Waals surface area contributed by atoms with E-state index in [0.29, 0.717) is 0 Å². The number of amides is 2. The van der Waals surface area contributed by atoms with Crippen LogP contribution in [0.1, 0.15) is 59.1 Å². The minimum Gasteiger partial charge on any atom is -0.427 e. The van der Waals surface area contributed by atoms with Crippen molar-refractivity contribution in [1.29, 1.82) is 5.26 Å². The maximum Gasteiger partial charge on any atom is 0.469 e. The maximum atomic E-state index is 15.5. The number of benzene rings is 1. The molecule has 0 saturated heterocycles. The molecule has 13 nitrogen and oxygen atoms in total. The van der Waals surface area contributed by atoms with Crippen molar-refractivity contribution in [3.05, 3.63) is 47.2 Å². The van der Waals surface area contributed by atoms with Gasteiger partial charge in [-0.05, 0) is 38.3 Å². The molecular formula is C27H33F2N6O7P. The molecule has 232 valence electrons. The molecule has 3 aromatic rings. The van der Waals surface area contributed by atoms with E-state index in [2.05, 4.69) is 14.5 Å². The summed E-state index contributed by atoms with van der Waals surface area (Å²) < 4.78 is 52.9. The smallest absolute Gasteiger partial charge is 0.427 e. The number of rotatable bonds is 8. The van der Waals surface area contributed by atoms with E-state index in [1.54, 1.807) is 47.6 Å². The van der Waals surface area contributed by atoms with E-state index in [-0.39, 0.29) is 29.3 Å². The maximum absolute atomic E-state index is 15.5. The highest BCUT2D eigenvalue weighted by Gasteiger charge is 2.34. The van der Waals surface area contributed by atoms with Crippen molar-refractivity contribution in [2.45, 2.75) is 60.1 Å².